The maximum atomic E-state index is 10.1. The van der Waals surface area contributed by atoms with Crippen molar-refractivity contribution in [3.05, 3.63) is 167 Å². The molecule has 0 bridgehead atoms. The average molecular weight is 686 g/mol. The highest BCUT2D eigenvalue weighted by molar-refractivity contribution is 6.93. The lowest BCUT2D eigenvalue weighted by molar-refractivity contribution is 0.246. The van der Waals surface area contributed by atoms with Gasteiger partial charge in [-0.25, -0.2) is 0 Å². The average Bonchev–Trinajstić information content (AvgIpc) is 3.19. The second kappa shape index (κ2) is 12.9. The van der Waals surface area contributed by atoms with Crippen LogP contribution in [0.2, 0.25) is 0 Å². The predicted molar refractivity (Wildman–Crippen MR) is 214 cm³/mol. The van der Waals surface area contributed by atoms with Crippen LogP contribution in [0.25, 0.3) is 11.1 Å². The highest BCUT2D eigenvalue weighted by atomic mass is 16.5. The third-order valence-corrected chi connectivity index (χ3v) is 11.2. The van der Waals surface area contributed by atoms with Gasteiger partial charge in [0.05, 0.1) is 29.0 Å². The van der Waals surface area contributed by atoms with E-state index in [0.717, 1.165) is 73.1 Å². The number of nitriles is 2. The van der Waals surface area contributed by atoms with Gasteiger partial charge in [0.2, 0.25) is 0 Å². The molecule has 2 heterocycles. The van der Waals surface area contributed by atoms with Gasteiger partial charge < -0.3 is 14.4 Å². The van der Waals surface area contributed by atoms with Crippen LogP contribution in [-0.2, 0) is 0 Å². The number of allylic oxidation sites excluding steroid dienone is 6. The molecule has 3 unspecified atom stereocenters. The molecule has 0 saturated heterocycles. The SMILES string of the molecule is Cc1ccc(C#N)c(C2=CC=C3B4c5ccc(C6=C(C#N)C=CC(C)C6C)cc5Oc5cc(N(c6ccccc6)c6ccccc6)cc(c54)OC3C2)c1. The Balaban J connectivity index is 1.24. The second-order valence-electron chi connectivity index (χ2n) is 14.4. The first-order chi connectivity index (χ1) is 25.9. The van der Waals surface area contributed by atoms with Crippen LogP contribution in [0.4, 0.5) is 17.1 Å². The van der Waals surface area contributed by atoms with Crippen molar-refractivity contribution >= 4 is 45.8 Å². The van der Waals surface area contributed by atoms with E-state index in [1.165, 1.54) is 5.47 Å². The van der Waals surface area contributed by atoms with Crippen molar-refractivity contribution in [2.24, 2.45) is 11.8 Å². The summed E-state index contributed by atoms with van der Waals surface area (Å²) in [7, 11) is 0. The van der Waals surface area contributed by atoms with Gasteiger partial charge in [0.15, 0.2) is 0 Å². The molecular weight excluding hydrogens is 649 g/mol. The third kappa shape index (κ3) is 5.47. The number of nitrogens with zero attached hydrogens (tertiary/aromatic N) is 3. The number of fused-ring (bicyclic) bond motifs is 4. The quantitative estimate of drug-likeness (QED) is 0.172. The Morgan fingerprint density at radius 3 is 2.21 bits per heavy atom. The minimum absolute atomic E-state index is 0.0923. The van der Waals surface area contributed by atoms with Crippen LogP contribution in [0.3, 0.4) is 0 Å². The summed E-state index contributed by atoms with van der Waals surface area (Å²) in [5.41, 5.74) is 12.8. The summed E-state index contributed by atoms with van der Waals surface area (Å²) in [6.45, 7) is 6.36. The van der Waals surface area contributed by atoms with E-state index < -0.39 is 0 Å². The topological polar surface area (TPSA) is 69.3 Å². The number of anilines is 3. The Labute approximate surface area is 311 Å². The third-order valence-electron chi connectivity index (χ3n) is 11.2. The van der Waals surface area contributed by atoms with Gasteiger partial charge in [-0.3, -0.25) is 0 Å². The van der Waals surface area contributed by atoms with Crippen LogP contribution in [-0.4, -0.2) is 12.8 Å². The van der Waals surface area contributed by atoms with Crippen molar-refractivity contribution in [2.75, 3.05) is 4.90 Å². The molecule has 0 saturated carbocycles. The van der Waals surface area contributed by atoms with Crippen LogP contribution in [0.5, 0.6) is 17.2 Å². The molecule has 6 heteroatoms. The van der Waals surface area contributed by atoms with Gasteiger partial charge in [-0.15, -0.1) is 0 Å². The number of hydrogen-bond donors (Lipinski definition) is 0. The van der Waals surface area contributed by atoms with Crippen molar-refractivity contribution in [1.82, 2.24) is 0 Å². The van der Waals surface area contributed by atoms with E-state index in [1.54, 1.807) is 0 Å². The maximum Gasteiger partial charge on any atom is 0.255 e. The molecule has 3 atom stereocenters. The van der Waals surface area contributed by atoms with E-state index in [2.05, 4.69) is 141 Å². The predicted octanol–water partition coefficient (Wildman–Crippen LogP) is 9.88. The number of benzene rings is 5. The zero-order valence-corrected chi connectivity index (χ0v) is 29.9. The smallest absolute Gasteiger partial charge is 0.255 e. The van der Waals surface area contributed by atoms with Gasteiger partial charge in [0.1, 0.15) is 23.4 Å². The van der Waals surface area contributed by atoms with E-state index >= 15 is 0 Å². The monoisotopic (exact) mass is 685 g/mol. The fourth-order valence-electron chi connectivity index (χ4n) is 8.42. The minimum Gasteiger partial charge on any atom is -0.487 e. The molecule has 5 aromatic rings. The van der Waals surface area contributed by atoms with Gasteiger partial charge in [-0.05, 0) is 89.0 Å². The zero-order valence-electron chi connectivity index (χ0n) is 29.9. The van der Waals surface area contributed by atoms with Crippen LogP contribution < -0.4 is 25.3 Å². The second-order valence-corrected chi connectivity index (χ2v) is 14.4. The highest BCUT2D eigenvalue weighted by Gasteiger charge is 2.45. The number of ether oxygens (including phenoxy) is 2. The van der Waals surface area contributed by atoms with E-state index in [4.69, 9.17) is 9.47 Å². The fraction of sp³-hybridized carbons (Fsp3) is 0.149. The Kier molecular flexibility index (Phi) is 7.91. The summed E-state index contributed by atoms with van der Waals surface area (Å²) >= 11 is 0. The molecule has 0 amide bonds. The van der Waals surface area contributed by atoms with E-state index in [0.29, 0.717) is 23.5 Å². The molecule has 254 valence electrons. The van der Waals surface area contributed by atoms with Gasteiger partial charge in [-0.2, -0.15) is 10.5 Å². The molecular formula is C47H36BN3O2. The number of para-hydroxylation sites is 2. The zero-order chi connectivity index (χ0) is 36.2. The molecule has 0 N–H and O–H groups in total. The lowest BCUT2D eigenvalue weighted by atomic mass is 9.33. The maximum absolute atomic E-state index is 10.1. The standard InChI is InChI=1S/C47H36BN3O2/c1-29-14-16-34(27-49)39(22-29)32-18-20-40-42(23-32)52-44-25-38(51(36-10-6-4-7-11-36)37-12-8-5-9-13-37)26-45-47(44)48(40)41-21-19-33(24-43(41)53-45)46-31(3)30(2)15-17-35(46)28-50/h4-22,24-26,30-31,42H,23H2,1-3H3. The summed E-state index contributed by atoms with van der Waals surface area (Å²) < 4.78 is 14.0. The molecule has 2 aliphatic heterocycles. The van der Waals surface area contributed by atoms with E-state index in [1.807, 2.05) is 30.3 Å². The van der Waals surface area contributed by atoms with Crippen molar-refractivity contribution in [3.8, 4) is 29.4 Å². The van der Waals surface area contributed by atoms with Gasteiger partial charge in [0.25, 0.3) is 6.71 Å². The lowest BCUT2D eigenvalue weighted by Gasteiger charge is -2.40. The van der Waals surface area contributed by atoms with E-state index in [-0.39, 0.29) is 18.7 Å². The Bertz CT molecular complexity index is 2480. The van der Waals surface area contributed by atoms with Gasteiger partial charge >= 0.3 is 0 Å². The van der Waals surface area contributed by atoms with Crippen molar-refractivity contribution in [1.29, 1.82) is 10.5 Å². The summed E-state index contributed by atoms with van der Waals surface area (Å²) in [6, 6.07) is 42.3. The van der Waals surface area contributed by atoms with E-state index in [9.17, 15) is 10.5 Å². The normalized spacial score (nSPS) is 19.3. The summed E-state index contributed by atoms with van der Waals surface area (Å²) in [6.07, 6.45) is 8.85. The molecule has 9 rings (SSSR count). The molecule has 4 aliphatic rings. The number of rotatable bonds is 5. The first kappa shape index (κ1) is 32.4. The van der Waals surface area contributed by atoms with Crippen molar-refractivity contribution in [3.63, 3.8) is 0 Å². The van der Waals surface area contributed by atoms with Crippen molar-refractivity contribution in [2.45, 2.75) is 33.3 Å². The largest absolute Gasteiger partial charge is 0.487 e. The Morgan fingerprint density at radius 2 is 1.49 bits per heavy atom. The minimum atomic E-state index is -0.243. The van der Waals surface area contributed by atoms with Gasteiger partial charge in [-0.1, -0.05) is 104 Å². The first-order valence-electron chi connectivity index (χ1n) is 18.2. The van der Waals surface area contributed by atoms with Crippen LogP contribution >= 0.6 is 0 Å². The lowest BCUT2D eigenvalue weighted by Crippen LogP contribution is -2.55. The molecule has 0 fully saturated rings. The van der Waals surface area contributed by atoms with Gasteiger partial charge in [0, 0.05) is 35.4 Å². The molecule has 5 nitrogen and oxygen atoms in total. The number of aryl methyl sites for hydroxylation is 1. The summed E-state index contributed by atoms with van der Waals surface area (Å²) in [5.74, 6) is 2.82. The molecule has 0 aromatic heterocycles. The molecule has 53 heavy (non-hydrogen) atoms. The Morgan fingerprint density at radius 1 is 0.755 bits per heavy atom. The van der Waals surface area contributed by atoms with Crippen LogP contribution in [0.15, 0.2) is 145 Å². The van der Waals surface area contributed by atoms with Crippen molar-refractivity contribution < 1.29 is 9.47 Å². The molecule has 0 spiro atoms. The number of hydrogen-bond acceptors (Lipinski definition) is 5. The molecule has 2 aliphatic carbocycles. The summed E-state index contributed by atoms with van der Waals surface area (Å²) in [4.78, 5) is 2.23. The summed E-state index contributed by atoms with van der Waals surface area (Å²) in [5, 5.41) is 20.1. The molecule has 5 aromatic carbocycles. The Hall–Kier alpha value is -6.50. The fourth-order valence-corrected chi connectivity index (χ4v) is 8.42. The highest BCUT2D eigenvalue weighted by Crippen LogP contribution is 2.46. The molecule has 0 radical (unpaired) electrons. The van der Waals surface area contributed by atoms with Crippen LogP contribution in [0, 0.1) is 41.4 Å². The van der Waals surface area contributed by atoms with Crippen LogP contribution in [0.1, 0.15) is 42.5 Å². The first-order valence-corrected chi connectivity index (χ1v) is 18.2.